The van der Waals surface area contributed by atoms with E-state index in [-0.39, 0.29) is 5.97 Å². The molecule has 0 aliphatic heterocycles. The van der Waals surface area contributed by atoms with Crippen molar-refractivity contribution in [3.63, 3.8) is 0 Å². The predicted octanol–water partition coefficient (Wildman–Crippen LogP) is 7.84. The molecule has 0 fully saturated rings. The molecule has 0 aliphatic rings. The summed E-state index contributed by atoms with van der Waals surface area (Å²) in [4.78, 5) is 11.0. The number of ether oxygens (including phenoxy) is 1. The topological polar surface area (TPSA) is 26.3 Å². The van der Waals surface area contributed by atoms with E-state index in [1.54, 1.807) is 0 Å². The predicted molar refractivity (Wildman–Crippen MR) is 110 cm³/mol. The van der Waals surface area contributed by atoms with Gasteiger partial charge in [0.05, 0.1) is 7.11 Å². The molecule has 2 heteroatoms. The summed E-state index contributed by atoms with van der Waals surface area (Å²) in [6.45, 7) is 7.04. The minimum absolute atomic E-state index is 0.0649. The van der Waals surface area contributed by atoms with Crippen LogP contribution in [-0.2, 0) is 9.53 Å². The van der Waals surface area contributed by atoms with Gasteiger partial charge in [-0.1, -0.05) is 111 Å². The Morgan fingerprint density at radius 3 is 1.24 bits per heavy atom. The standard InChI is InChI=1S/C23H46O2/c1-23(2,3)21-19-17-15-13-11-9-7-5-6-8-10-12-14-16-18-20-22(24)25-4/h5-21H2,1-4H3. The van der Waals surface area contributed by atoms with Gasteiger partial charge in [0.25, 0.3) is 0 Å². The van der Waals surface area contributed by atoms with Gasteiger partial charge in [-0.15, -0.1) is 0 Å². The van der Waals surface area contributed by atoms with Crippen LogP contribution in [0.15, 0.2) is 0 Å². The number of hydrogen-bond acceptors (Lipinski definition) is 2. The Balaban J connectivity index is 3.06. The molecule has 0 amide bonds. The van der Waals surface area contributed by atoms with E-state index >= 15 is 0 Å². The molecule has 25 heavy (non-hydrogen) atoms. The number of carbonyl (C=O) groups excluding carboxylic acids is 1. The summed E-state index contributed by atoms with van der Waals surface area (Å²) < 4.78 is 4.65. The molecule has 0 saturated carbocycles. The number of rotatable bonds is 17. The lowest BCUT2D eigenvalue weighted by atomic mass is 9.89. The summed E-state index contributed by atoms with van der Waals surface area (Å²) in [5.74, 6) is -0.0649. The van der Waals surface area contributed by atoms with Crippen molar-refractivity contribution in [1.29, 1.82) is 0 Å². The zero-order valence-electron chi connectivity index (χ0n) is 17.8. The highest BCUT2D eigenvalue weighted by molar-refractivity contribution is 5.68. The molecule has 0 aromatic carbocycles. The lowest BCUT2D eigenvalue weighted by Crippen LogP contribution is -2.03. The van der Waals surface area contributed by atoms with Crippen LogP contribution in [0.5, 0.6) is 0 Å². The monoisotopic (exact) mass is 354 g/mol. The molecular formula is C23H46O2. The van der Waals surface area contributed by atoms with Gasteiger partial charge in [0, 0.05) is 6.42 Å². The number of methoxy groups -OCH3 is 1. The molecule has 0 atom stereocenters. The van der Waals surface area contributed by atoms with Crippen molar-refractivity contribution in [2.24, 2.45) is 5.41 Å². The Morgan fingerprint density at radius 2 is 0.920 bits per heavy atom. The number of esters is 1. The highest BCUT2D eigenvalue weighted by Crippen LogP contribution is 2.22. The molecule has 0 spiro atoms. The van der Waals surface area contributed by atoms with E-state index in [0.29, 0.717) is 11.8 Å². The normalized spacial score (nSPS) is 11.7. The van der Waals surface area contributed by atoms with Crippen molar-refractivity contribution in [2.75, 3.05) is 7.11 Å². The molecular weight excluding hydrogens is 308 g/mol. The SMILES string of the molecule is COC(=O)CCCCCCCCCCCCCCCCCC(C)(C)C. The first-order chi connectivity index (χ1) is 12.0. The Morgan fingerprint density at radius 1 is 0.600 bits per heavy atom. The van der Waals surface area contributed by atoms with Gasteiger partial charge in [0.2, 0.25) is 0 Å². The van der Waals surface area contributed by atoms with Gasteiger partial charge in [-0.05, 0) is 18.3 Å². The molecule has 0 bridgehead atoms. The van der Waals surface area contributed by atoms with Crippen LogP contribution in [0.4, 0.5) is 0 Å². The molecule has 0 aromatic heterocycles. The lowest BCUT2D eigenvalue weighted by molar-refractivity contribution is -0.140. The quantitative estimate of drug-likeness (QED) is 0.196. The van der Waals surface area contributed by atoms with E-state index in [2.05, 4.69) is 25.5 Å². The third kappa shape index (κ3) is 21.4. The van der Waals surface area contributed by atoms with Gasteiger partial charge in [-0.3, -0.25) is 4.79 Å². The largest absolute Gasteiger partial charge is 0.469 e. The van der Waals surface area contributed by atoms with E-state index in [1.807, 2.05) is 0 Å². The zero-order chi connectivity index (χ0) is 18.8. The van der Waals surface area contributed by atoms with Crippen molar-refractivity contribution in [3.05, 3.63) is 0 Å². The van der Waals surface area contributed by atoms with Crippen molar-refractivity contribution in [1.82, 2.24) is 0 Å². The average Bonchev–Trinajstić information content (AvgIpc) is 2.56. The van der Waals surface area contributed by atoms with Crippen molar-refractivity contribution >= 4 is 5.97 Å². The smallest absolute Gasteiger partial charge is 0.305 e. The molecule has 150 valence electrons. The molecule has 0 saturated heterocycles. The zero-order valence-corrected chi connectivity index (χ0v) is 17.8. The van der Waals surface area contributed by atoms with E-state index in [1.165, 1.54) is 103 Å². The molecule has 0 unspecified atom stereocenters. The van der Waals surface area contributed by atoms with E-state index in [0.717, 1.165) is 6.42 Å². The second-order valence-corrected chi connectivity index (χ2v) is 8.94. The van der Waals surface area contributed by atoms with Crippen LogP contribution in [0, 0.1) is 5.41 Å². The molecule has 0 rings (SSSR count). The van der Waals surface area contributed by atoms with Crippen LogP contribution < -0.4 is 0 Å². The van der Waals surface area contributed by atoms with Crippen LogP contribution >= 0.6 is 0 Å². The van der Waals surface area contributed by atoms with Gasteiger partial charge in [-0.25, -0.2) is 0 Å². The van der Waals surface area contributed by atoms with Crippen LogP contribution in [0.1, 0.15) is 130 Å². The third-order valence-corrected chi connectivity index (χ3v) is 5.04. The highest BCUT2D eigenvalue weighted by Gasteiger charge is 2.08. The molecule has 0 heterocycles. The maximum Gasteiger partial charge on any atom is 0.305 e. The maximum absolute atomic E-state index is 11.0. The molecule has 0 aliphatic carbocycles. The maximum atomic E-state index is 11.0. The lowest BCUT2D eigenvalue weighted by Gasteiger charge is -2.17. The summed E-state index contributed by atoms with van der Waals surface area (Å²) in [6.07, 6.45) is 22.3. The van der Waals surface area contributed by atoms with Crippen LogP contribution in [0.2, 0.25) is 0 Å². The fraction of sp³-hybridized carbons (Fsp3) is 0.957. The van der Waals surface area contributed by atoms with E-state index in [9.17, 15) is 4.79 Å². The summed E-state index contributed by atoms with van der Waals surface area (Å²) >= 11 is 0. The minimum Gasteiger partial charge on any atom is -0.469 e. The van der Waals surface area contributed by atoms with Gasteiger partial charge >= 0.3 is 5.97 Å². The Labute approximate surface area is 158 Å². The first-order valence-corrected chi connectivity index (χ1v) is 11.0. The van der Waals surface area contributed by atoms with E-state index < -0.39 is 0 Å². The minimum atomic E-state index is -0.0649. The van der Waals surface area contributed by atoms with Gasteiger partial charge in [0.15, 0.2) is 0 Å². The Bertz CT molecular complexity index is 291. The second kappa shape index (κ2) is 16.9. The molecule has 0 radical (unpaired) electrons. The summed E-state index contributed by atoms with van der Waals surface area (Å²) in [5, 5.41) is 0. The first-order valence-electron chi connectivity index (χ1n) is 11.0. The fourth-order valence-electron chi connectivity index (χ4n) is 3.32. The van der Waals surface area contributed by atoms with Crippen LogP contribution in [0.3, 0.4) is 0 Å². The van der Waals surface area contributed by atoms with Crippen LogP contribution in [-0.4, -0.2) is 13.1 Å². The van der Waals surface area contributed by atoms with Gasteiger partial charge < -0.3 is 4.74 Å². The number of hydrogen-bond donors (Lipinski definition) is 0. The van der Waals surface area contributed by atoms with Gasteiger partial charge in [0.1, 0.15) is 0 Å². The van der Waals surface area contributed by atoms with Gasteiger partial charge in [-0.2, -0.15) is 0 Å². The van der Waals surface area contributed by atoms with Crippen molar-refractivity contribution < 1.29 is 9.53 Å². The highest BCUT2D eigenvalue weighted by atomic mass is 16.5. The van der Waals surface area contributed by atoms with Crippen LogP contribution in [0.25, 0.3) is 0 Å². The third-order valence-electron chi connectivity index (χ3n) is 5.04. The average molecular weight is 355 g/mol. The second-order valence-electron chi connectivity index (χ2n) is 8.94. The number of unbranched alkanes of at least 4 members (excludes halogenated alkanes) is 14. The summed E-state index contributed by atoms with van der Waals surface area (Å²) in [5.41, 5.74) is 0.517. The fourth-order valence-corrected chi connectivity index (χ4v) is 3.32. The van der Waals surface area contributed by atoms with E-state index in [4.69, 9.17) is 0 Å². The Hall–Kier alpha value is -0.530. The molecule has 0 aromatic rings. The molecule has 2 nitrogen and oxygen atoms in total. The summed E-state index contributed by atoms with van der Waals surface area (Å²) in [7, 11) is 1.47. The van der Waals surface area contributed by atoms with Crippen molar-refractivity contribution in [3.8, 4) is 0 Å². The Kier molecular flexibility index (Phi) is 16.6. The van der Waals surface area contributed by atoms with Crippen molar-refractivity contribution in [2.45, 2.75) is 130 Å². The number of carbonyl (C=O) groups is 1. The summed E-state index contributed by atoms with van der Waals surface area (Å²) in [6, 6.07) is 0. The molecule has 0 N–H and O–H groups in total. The first kappa shape index (κ1) is 24.5.